The highest BCUT2D eigenvalue weighted by molar-refractivity contribution is 9.10. The lowest BCUT2D eigenvalue weighted by atomic mass is 10.3. The first-order chi connectivity index (χ1) is 7.75. The predicted octanol–water partition coefficient (Wildman–Crippen LogP) is 3.13. The van der Waals surface area contributed by atoms with Crippen molar-refractivity contribution in [1.29, 1.82) is 0 Å². The molecule has 3 nitrogen and oxygen atoms in total. The van der Waals surface area contributed by atoms with E-state index >= 15 is 0 Å². The summed E-state index contributed by atoms with van der Waals surface area (Å²) in [6, 6.07) is 10.6. The number of pyridine rings is 1. The Morgan fingerprint density at radius 2 is 2.00 bits per heavy atom. The van der Waals surface area contributed by atoms with Gasteiger partial charge in [-0.2, -0.15) is 0 Å². The average molecular weight is 280 g/mol. The van der Waals surface area contributed by atoms with Gasteiger partial charge in [-0.05, 0) is 34.1 Å². The van der Waals surface area contributed by atoms with Gasteiger partial charge in [0.1, 0.15) is 11.2 Å². The molecule has 0 fully saturated rings. The second kappa shape index (κ2) is 4.99. The number of hydrogen-bond acceptors (Lipinski definition) is 3. The number of ether oxygens (including phenoxy) is 1. The predicted molar refractivity (Wildman–Crippen MR) is 64.4 cm³/mol. The van der Waals surface area contributed by atoms with E-state index in [-0.39, 0.29) is 5.75 Å². The molecule has 0 atom stereocenters. The third-order valence-electron chi connectivity index (χ3n) is 2.05. The lowest BCUT2D eigenvalue weighted by molar-refractivity contribution is 0.288. The molecule has 0 radical (unpaired) electrons. The molecule has 0 aliphatic carbocycles. The van der Waals surface area contributed by atoms with Crippen molar-refractivity contribution in [2.45, 2.75) is 6.61 Å². The van der Waals surface area contributed by atoms with Crippen LogP contribution in [0.4, 0.5) is 0 Å². The zero-order valence-corrected chi connectivity index (χ0v) is 10.0. The molecule has 2 aromatic rings. The molecule has 0 unspecified atom stereocenters. The van der Waals surface area contributed by atoms with Crippen molar-refractivity contribution in [2.24, 2.45) is 0 Å². The summed E-state index contributed by atoms with van der Waals surface area (Å²) in [5.74, 6) is 0.623. The van der Waals surface area contributed by atoms with Crippen molar-refractivity contribution in [1.82, 2.24) is 4.98 Å². The summed E-state index contributed by atoms with van der Waals surface area (Å²) in [7, 11) is 0. The molecule has 0 saturated carbocycles. The monoisotopic (exact) mass is 279 g/mol. The van der Waals surface area contributed by atoms with Crippen molar-refractivity contribution in [3.8, 4) is 11.5 Å². The lowest BCUT2D eigenvalue weighted by Crippen LogP contribution is -1.96. The van der Waals surface area contributed by atoms with Gasteiger partial charge in [0.25, 0.3) is 0 Å². The second-order valence-electron chi connectivity index (χ2n) is 3.25. The van der Waals surface area contributed by atoms with Gasteiger partial charge in [0.05, 0.1) is 0 Å². The van der Waals surface area contributed by atoms with Crippen LogP contribution in [0, 0.1) is 0 Å². The van der Waals surface area contributed by atoms with Crippen LogP contribution in [0.3, 0.4) is 0 Å². The molecule has 1 heterocycles. The lowest BCUT2D eigenvalue weighted by Gasteiger charge is -2.07. The fourth-order valence-electron chi connectivity index (χ4n) is 1.23. The number of halogens is 1. The maximum Gasteiger partial charge on any atom is 0.161 e. The first kappa shape index (κ1) is 11.0. The number of benzene rings is 1. The number of aromatic hydroxyl groups is 1. The van der Waals surface area contributed by atoms with Gasteiger partial charge in [-0.25, -0.2) is 4.98 Å². The van der Waals surface area contributed by atoms with Crippen LogP contribution in [0.15, 0.2) is 47.2 Å². The smallest absolute Gasteiger partial charge is 0.161 e. The molecular formula is C12H10BrNO2. The number of phenolic OH excluding ortho intramolecular Hbond substituents is 1. The fraction of sp³-hybridized carbons (Fsp3) is 0.0833. The van der Waals surface area contributed by atoms with Gasteiger partial charge < -0.3 is 9.84 Å². The van der Waals surface area contributed by atoms with Crippen molar-refractivity contribution in [3.05, 3.63) is 52.8 Å². The van der Waals surface area contributed by atoms with Crippen LogP contribution in [0.25, 0.3) is 0 Å². The van der Waals surface area contributed by atoms with Crippen molar-refractivity contribution >= 4 is 15.9 Å². The van der Waals surface area contributed by atoms with Gasteiger partial charge in [0, 0.05) is 11.8 Å². The van der Waals surface area contributed by atoms with Gasteiger partial charge in [0.15, 0.2) is 11.5 Å². The topological polar surface area (TPSA) is 42.4 Å². The van der Waals surface area contributed by atoms with E-state index in [9.17, 15) is 5.11 Å². The van der Waals surface area contributed by atoms with Gasteiger partial charge in [-0.3, -0.25) is 0 Å². The molecular weight excluding hydrogens is 270 g/mol. The maximum atomic E-state index is 9.48. The zero-order valence-electron chi connectivity index (χ0n) is 8.43. The van der Waals surface area contributed by atoms with Crippen LogP contribution in [0.5, 0.6) is 11.5 Å². The third-order valence-corrected chi connectivity index (χ3v) is 2.52. The van der Waals surface area contributed by atoms with E-state index in [1.807, 2.05) is 18.2 Å². The highest BCUT2D eigenvalue weighted by Crippen LogP contribution is 2.25. The third kappa shape index (κ3) is 2.73. The van der Waals surface area contributed by atoms with E-state index < -0.39 is 0 Å². The normalized spacial score (nSPS) is 10.1. The Kier molecular flexibility index (Phi) is 3.41. The van der Waals surface area contributed by atoms with E-state index in [0.717, 1.165) is 10.2 Å². The molecule has 4 heteroatoms. The quantitative estimate of drug-likeness (QED) is 0.878. The summed E-state index contributed by atoms with van der Waals surface area (Å²) in [5.41, 5.74) is 0.950. The van der Waals surface area contributed by atoms with E-state index in [4.69, 9.17) is 4.74 Å². The number of para-hydroxylation sites is 2. The molecule has 2 rings (SSSR count). The van der Waals surface area contributed by atoms with E-state index in [1.54, 1.807) is 24.4 Å². The molecule has 0 bridgehead atoms. The molecule has 0 saturated heterocycles. The first-order valence-corrected chi connectivity index (χ1v) is 5.56. The minimum Gasteiger partial charge on any atom is -0.504 e. The molecule has 1 aromatic heterocycles. The molecule has 1 aromatic carbocycles. The van der Waals surface area contributed by atoms with E-state index in [0.29, 0.717) is 12.4 Å². The molecule has 0 aliphatic rings. The van der Waals surface area contributed by atoms with Gasteiger partial charge in [-0.1, -0.05) is 18.2 Å². The number of hydrogen-bond donors (Lipinski definition) is 1. The Morgan fingerprint density at radius 1 is 1.19 bits per heavy atom. The molecule has 0 amide bonds. The van der Waals surface area contributed by atoms with Crippen LogP contribution >= 0.6 is 15.9 Å². The maximum absolute atomic E-state index is 9.48. The number of nitrogens with zero attached hydrogens (tertiary/aromatic N) is 1. The van der Waals surface area contributed by atoms with E-state index in [1.165, 1.54) is 0 Å². The van der Waals surface area contributed by atoms with Crippen LogP contribution in [0.2, 0.25) is 0 Å². The number of phenols is 1. The molecule has 82 valence electrons. The Balaban J connectivity index is 2.02. The van der Waals surface area contributed by atoms with Crippen molar-refractivity contribution < 1.29 is 9.84 Å². The SMILES string of the molecule is Oc1ccccc1OCc1ccc(Br)nc1. The van der Waals surface area contributed by atoms with Gasteiger partial charge in [-0.15, -0.1) is 0 Å². The minimum absolute atomic E-state index is 0.146. The van der Waals surface area contributed by atoms with Crippen molar-refractivity contribution in [3.63, 3.8) is 0 Å². The molecule has 16 heavy (non-hydrogen) atoms. The minimum atomic E-state index is 0.146. The summed E-state index contributed by atoms with van der Waals surface area (Å²) in [6.45, 7) is 0.387. The van der Waals surface area contributed by atoms with Crippen LogP contribution < -0.4 is 4.74 Å². The first-order valence-electron chi connectivity index (χ1n) is 4.77. The van der Waals surface area contributed by atoms with Gasteiger partial charge in [0.2, 0.25) is 0 Å². The van der Waals surface area contributed by atoms with Gasteiger partial charge >= 0.3 is 0 Å². The average Bonchev–Trinajstić information content (AvgIpc) is 2.30. The second-order valence-corrected chi connectivity index (χ2v) is 4.06. The Hall–Kier alpha value is -1.55. The summed E-state index contributed by atoms with van der Waals surface area (Å²) >= 11 is 3.26. The molecule has 0 aliphatic heterocycles. The number of aromatic nitrogens is 1. The highest BCUT2D eigenvalue weighted by Gasteiger charge is 2.01. The number of rotatable bonds is 3. The Morgan fingerprint density at radius 3 is 2.69 bits per heavy atom. The summed E-state index contributed by atoms with van der Waals surface area (Å²) in [4.78, 5) is 4.09. The standard InChI is InChI=1S/C12H10BrNO2/c13-12-6-5-9(7-14-12)8-16-11-4-2-1-3-10(11)15/h1-7,15H,8H2. The highest BCUT2D eigenvalue weighted by atomic mass is 79.9. The summed E-state index contributed by atoms with van der Waals surface area (Å²) < 4.78 is 6.25. The largest absolute Gasteiger partial charge is 0.504 e. The Bertz CT molecular complexity index is 471. The van der Waals surface area contributed by atoms with E-state index in [2.05, 4.69) is 20.9 Å². The fourth-order valence-corrected chi connectivity index (χ4v) is 1.47. The van der Waals surface area contributed by atoms with Crippen molar-refractivity contribution in [2.75, 3.05) is 0 Å². The molecule has 1 N–H and O–H groups in total. The van der Waals surface area contributed by atoms with Crippen LogP contribution in [-0.2, 0) is 6.61 Å². The molecule has 0 spiro atoms. The van der Waals surface area contributed by atoms with Crippen LogP contribution in [0.1, 0.15) is 5.56 Å². The summed E-state index contributed by atoms with van der Waals surface area (Å²) in [6.07, 6.45) is 1.73. The Labute approximate surface area is 102 Å². The zero-order chi connectivity index (χ0) is 11.4. The van der Waals surface area contributed by atoms with Crippen LogP contribution in [-0.4, -0.2) is 10.1 Å². The summed E-state index contributed by atoms with van der Waals surface area (Å²) in [5, 5.41) is 9.48.